The third-order valence-electron chi connectivity index (χ3n) is 2.26. The first kappa shape index (κ1) is 12.3. The van der Waals surface area contributed by atoms with Crippen LogP contribution in [0.15, 0.2) is 24.3 Å². The molecule has 0 saturated carbocycles. The summed E-state index contributed by atoms with van der Waals surface area (Å²) in [6.07, 6.45) is 0. The highest BCUT2D eigenvalue weighted by Gasteiger charge is 2.11. The molecule has 0 spiro atoms. The molecule has 0 aliphatic rings. The van der Waals surface area contributed by atoms with Crippen LogP contribution in [0.4, 0.5) is 16.5 Å². The van der Waals surface area contributed by atoms with E-state index >= 15 is 0 Å². The van der Waals surface area contributed by atoms with Crippen molar-refractivity contribution in [3.05, 3.63) is 29.3 Å². The number of carbonyl (C=O) groups is 1. The van der Waals surface area contributed by atoms with Crippen molar-refractivity contribution in [3.8, 4) is 0 Å². The van der Waals surface area contributed by atoms with Gasteiger partial charge in [-0.05, 0) is 18.2 Å². The fraction of sp³-hybridized carbons (Fsp3) is 0.182. The summed E-state index contributed by atoms with van der Waals surface area (Å²) in [6.45, 7) is 0. The van der Waals surface area contributed by atoms with Crippen LogP contribution in [0.5, 0.6) is 0 Å². The van der Waals surface area contributed by atoms with Crippen molar-refractivity contribution >= 4 is 33.8 Å². The second-order valence-electron chi connectivity index (χ2n) is 3.84. The Bertz CT molecular complexity index is 566. The van der Waals surface area contributed by atoms with Gasteiger partial charge in [-0.25, -0.2) is 0 Å². The van der Waals surface area contributed by atoms with E-state index in [1.54, 1.807) is 0 Å². The molecule has 0 aliphatic carbocycles. The highest BCUT2D eigenvalue weighted by molar-refractivity contribution is 7.16. The quantitative estimate of drug-likeness (QED) is 0.875. The first-order chi connectivity index (χ1) is 8.56. The molecule has 1 amide bonds. The van der Waals surface area contributed by atoms with Gasteiger partial charge in [0.15, 0.2) is 0 Å². The molecule has 18 heavy (non-hydrogen) atoms. The highest BCUT2D eigenvalue weighted by Crippen LogP contribution is 2.19. The fourth-order valence-electron chi connectivity index (χ4n) is 1.37. The van der Waals surface area contributed by atoms with Crippen molar-refractivity contribution < 1.29 is 4.79 Å². The van der Waals surface area contributed by atoms with Crippen LogP contribution in [0.1, 0.15) is 9.80 Å². The summed E-state index contributed by atoms with van der Waals surface area (Å²) in [5, 5.41) is 10.6. The average molecular weight is 263 g/mol. The number of amides is 1. The highest BCUT2D eigenvalue weighted by atomic mass is 32.1. The summed E-state index contributed by atoms with van der Waals surface area (Å²) >= 11 is 1.06. The first-order valence-corrected chi connectivity index (χ1v) is 6.05. The van der Waals surface area contributed by atoms with Crippen molar-refractivity contribution in [1.29, 1.82) is 0 Å². The zero-order valence-corrected chi connectivity index (χ0v) is 10.9. The molecule has 1 aromatic heterocycles. The Balaban J connectivity index is 2.14. The van der Waals surface area contributed by atoms with Crippen LogP contribution in [0.25, 0.3) is 0 Å². The Hall–Kier alpha value is -2.15. The number of nitrogen functional groups attached to an aromatic ring is 1. The lowest BCUT2D eigenvalue weighted by atomic mass is 10.2. The summed E-state index contributed by atoms with van der Waals surface area (Å²) in [6, 6.07) is 7.52. The number of nitrogens with two attached hydrogens (primary N) is 1. The predicted molar refractivity (Wildman–Crippen MR) is 73.0 cm³/mol. The summed E-state index contributed by atoms with van der Waals surface area (Å²) in [5.74, 6) is -0.305. The van der Waals surface area contributed by atoms with Crippen molar-refractivity contribution in [2.45, 2.75) is 0 Å². The van der Waals surface area contributed by atoms with Gasteiger partial charge in [-0.3, -0.25) is 4.79 Å². The molecule has 0 unspecified atom stereocenters. The van der Waals surface area contributed by atoms with E-state index in [1.807, 2.05) is 43.3 Å². The molecular formula is C11H13N5OS. The minimum Gasteiger partial charge on any atom is -0.378 e. The number of benzene rings is 1. The molecular weight excluding hydrogens is 250 g/mol. The van der Waals surface area contributed by atoms with Crippen molar-refractivity contribution in [2.75, 3.05) is 30.0 Å². The number of nitrogens with zero attached hydrogens (tertiary/aromatic N) is 3. The summed E-state index contributed by atoms with van der Waals surface area (Å²) < 4.78 is 0. The minimum atomic E-state index is -0.305. The smallest absolute Gasteiger partial charge is 0.286 e. The SMILES string of the molecule is CN(C)c1cccc(NC(=O)c2nnc(N)s2)c1. The number of aromatic nitrogens is 2. The molecule has 3 N–H and O–H groups in total. The number of carbonyl (C=O) groups excluding carboxylic acids is 1. The molecule has 0 radical (unpaired) electrons. The minimum absolute atomic E-state index is 0.253. The second kappa shape index (κ2) is 5.01. The van der Waals surface area contributed by atoms with Gasteiger partial charge in [-0.2, -0.15) is 0 Å². The molecule has 0 atom stereocenters. The topological polar surface area (TPSA) is 84.1 Å². The lowest BCUT2D eigenvalue weighted by Crippen LogP contribution is -2.13. The van der Waals surface area contributed by atoms with Crippen molar-refractivity contribution in [3.63, 3.8) is 0 Å². The number of rotatable bonds is 3. The van der Waals surface area contributed by atoms with Gasteiger partial charge in [-0.15, -0.1) is 10.2 Å². The molecule has 6 nitrogen and oxygen atoms in total. The van der Waals surface area contributed by atoms with Crippen LogP contribution in [-0.4, -0.2) is 30.2 Å². The Morgan fingerprint density at radius 2 is 2.17 bits per heavy atom. The lowest BCUT2D eigenvalue weighted by molar-refractivity contribution is 0.102. The number of nitrogens with one attached hydrogen (secondary N) is 1. The lowest BCUT2D eigenvalue weighted by Gasteiger charge is -2.13. The summed E-state index contributed by atoms with van der Waals surface area (Å²) in [4.78, 5) is 13.8. The fourth-order valence-corrected chi connectivity index (χ4v) is 1.88. The van der Waals surface area contributed by atoms with E-state index in [-0.39, 0.29) is 16.0 Å². The Kier molecular flexibility index (Phi) is 3.42. The molecule has 0 bridgehead atoms. The standard InChI is InChI=1S/C11H13N5OS/c1-16(2)8-5-3-4-7(6-8)13-9(17)10-14-15-11(12)18-10/h3-6H,1-2H3,(H2,12,15)(H,13,17). The van der Waals surface area contributed by atoms with Gasteiger partial charge < -0.3 is 16.0 Å². The zero-order valence-electron chi connectivity index (χ0n) is 10.0. The third-order valence-corrected chi connectivity index (χ3v) is 3.01. The van der Waals surface area contributed by atoms with Gasteiger partial charge >= 0.3 is 0 Å². The van der Waals surface area contributed by atoms with E-state index < -0.39 is 0 Å². The molecule has 0 aliphatic heterocycles. The van der Waals surface area contributed by atoms with Crippen LogP contribution in [0, 0.1) is 0 Å². The van der Waals surface area contributed by atoms with Gasteiger partial charge in [-0.1, -0.05) is 17.4 Å². The monoisotopic (exact) mass is 263 g/mol. The van der Waals surface area contributed by atoms with Gasteiger partial charge in [0, 0.05) is 25.5 Å². The molecule has 0 saturated heterocycles. The normalized spacial score (nSPS) is 10.1. The Morgan fingerprint density at radius 3 is 2.78 bits per heavy atom. The second-order valence-corrected chi connectivity index (χ2v) is 4.85. The Morgan fingerprint density at radius 1 is 1.39 bits per heavy atom. The van der Waals surface area contributed by atoms with E-state index in [4.69, 9.17) is 5.73 Å². The summed E-state index contributed by atoms with van der Waals surface area (Å²) in [5.41, 5.74) is 7.14. The maximum Gasteiger partial charge on any atom is 0.286 e. The molecule has 94 valence electrons. The maximum atomic E-state index is 11.8. The van der Waals surface area contributed by atoms with Crippen LogP contribution < -0.4 is 16.0 Å². The van der Waals surface area contributed by atoms with Gasteiger partial charge in [0.25, 0.3) is 5.91 Å². The van der Waals surface area contributed by atoms with Crippen molar-refractivity contribution in [2.24, 2.45) is 0 Å². The van der Waals surface area contributed by atoms with Crippen LogP contribution in [-0.2, 0) is 0 Å². The van der Waals surface area contributed by atoms with Crippen molar-refractivity contribution in [1.82, 2.24) is 10.2 Å². The Labute approximate surface area is 108 Å². The van der Waals surface area contributed by atoms with Gasteiger partial charge in [0.2, 0.25) is 10.1 Å². The van der Waals surface area contributed by atoms with E-state index in [0.29, 0.717) is 5.69 Å². The van der Waals surface area contributed by atoms with Gasteiger partial charge in [0.05, 0.1) is 0 Å². The summed E-state index contributed by atoms with van der Waals surface area (Å²) in [7, 11) is 3.87. The molecule has 2 aromatic rings. The van der Waals surface area contributed by atoms with Crippen LogP contribution in [0.2, 0.25) is 0 Å². The largest absolute Gasteiger partial charge is 0.378 e. The van der Waals surface area contributed by atoms with E-state index in [0.717, 1.165) is 17.0 Å². The van der Waals surface area contributed by atoms with E-state index in [1.165, 1.54) is 0 Å². The van der Waals surface area contributed by atoms with Crippen LogP contribution in [0.3, 0.4) is 0 Å². The number of hydrogen-bond donors (Lipinski definition) is 2. The van der Waals surface area contributed by atoms with Crippen LogP contribution >= 0.6 is 11.3 Å². The zero-order chi connectivity index (χ0) is 13.1. The van der Waals surface area contributed by atoms with E-state index in [2.05, 4.69) is 15.5 Å². The van der Waals surface area contributed by atoms with E-state index in [9.17, 15) is 4.79 Å². The molecule has 2 rings (SSSR count). The average Bonchev–Trinajstić information content (AvgIpc) is 2.76. The number of hydrogen-bond acceptors (Lipinski definition) is 6. The third kappa shape index (κ3) is 2.75. The molecule has 7 heteroatoms. The molecule has 0 fully saturated rings. The molecule has 1 heterocycles. The first-order valence-electron chi connectivity index (χ1n) is 5.24. The maximum absolute atomic E-state index is 11.8. The molecule has 1 aromatic carbocycles. The van der Waals surface area contributed by atoms with Gasteiger partial charge in [0.1, 0.15) is 0 Å². The number of anilines is 3. The predicted octanol–water partition coefficient (Wildman–Crippen LogP) is 1.44.